The summed E-state index contributed by atoms with van der Waals surface area (Å²) in [6.45, 7) is 0. The molecule has 2 aromatic heterocycles. The largest absolute Gasteiger partial charge is 0.489 e. The average molecular weight is 2040 g/mol. The number of hydrogen-bond acceptors (Lipinski definition) is 8. The topological polar surface area (TPSA) is 127 Å². The number of nitrogens with zero attached hydrogens (tertiary/aromatic N) is 2. The Bertz CT molecular complexity index is 6700. The molecule has 0 aliphatic rings. The minimum absolute atomic E-state index is 0. The number of halogens is 1. The van der Waals surface area contributed by atoms with E-state index in [1.807, 2.05) is 35.6 Å². The van der Waals surface area contributed by atoms with Gasteiger partial charge in [-0.2, -0.15) is 0 Å². The Hall–Kier alpha value is -13.5. The van der Waals surface area contributed by atoms with E-state index in [0.717, 1.165) is 26.7 Å². The Kier molecular flexibility index (Phi) is 36.0. The molecule has 0 amide bonds. The fourth-order valence-corrected chi connectivity index (χ4v) is 27.9. The summed E-state index contributed by atoms with van der Waals surface area (Å²) < 4.78 is 6.38. The number of nitro groups is 2. The van der Waals surface area contributed by atoms with Crippen LogP contribution in [-0.2, 0) is 20.4 Å². The van der Waals surface area contributed by atoms with E-state index in [1.54, 1.807) is 59.9 Å². The van der Waals surface area contributed by atoms with Crippen molar-refractivity contribution < 1.29 is 40.3 Å². The molecule has 0 radical (unpaired) electrons. The smallest absolute Gasteiger partial charge is 0.423 e. The predicted octanol–water partition coefficient (Wildman–Crippen LogP) is 26.8. The van der Waals surface area contributed by atoms with Gasteiger partial charge in [0.2, 0.25) is 0 Å². The minimum Gasteiger partial charge on any atom is -0.423 e. The molecule has 0 spiro atoms. The van der Waals surface area contributed by atoms with Gasteiger partial charge in [-0.1, -0.05) is 507 Å². The molecule has 0 fully saturated rings. The SMILES string of the molecule is Brc1ccc2c(c1)sc1ccccc12.O=[N+]([O-])c1cccc(-c2ccccc2-c2ccc3c(c2)sc2ccccc23)c1.O=[N+]([O-])c1cccc(-c2ccccc2B(O)O)c1.[Pd].c1ccc(P(c2ccccc2)c2ccccc2)cc1.c1ccc(P(c2ccccc2)c2ccccc2)cc1.c1ccc(P(c2ccccc2)c2ccccc2)cc1.c1ccc(P(c2ccccc2)c2ccccc2)cc1. The Morgan fingerprint density at radius 3 is 0.715 bits per heavy atom. The minimum atomic E-state index is -1.61. The van der Waals surface area contributed by atoms with Crippen LogP contribution in [0.5, 0.6) is 0 Å². The molecule has 0 unspecified atom stereocenters. The average Bonchev–Trinajstić information content (AvgIpc) is 1.63. The normalized spacial score (nSPS) is 10.6. The molecule has 670 valence electrons. The van der Waals surface area contributed by atoms with Crippen molar-refractivity contribution in [1.82, 2.24) is 0 Å². The van der Waals surface area contributed by atoms with E-state index in [4.69, 9.17) is 0 Å². The fourth-order valence-electron chi connectivity index (χ4n) is 15.9. The third kappa shape index (κ3) is 26.2. The second-order valence-corrected chi connectivity index (χ2v) is 43.0. The Labute approximate surface area is 835 Å². The van der Waals surface area contributed by atoms with Crippen LogP contribution in [0.3, 0.4) is 0 Å². The number of thiophene rings is 2. The summed E-state index contributed by atoms with van der Waals surface area (Å²) in [5.74, 6) is 0. The monoisotopic (exact) mass is 2040 g/mol. The van der Waals surface area contributed by atoms with Gasteiger partial charge in [-0.15, -0.1) is 22.7 Å². The van der Waals surface area contributed by atoms with Crippen molar-refractivity contribution in [3.05, 3.63) is 571 Å². The third-order valence-corrected chi connectivity index (χ3v) is 34.6. The maximum atomic E-state index is 11.2. The maximum Gasteiger partial charge on any atom is 0.489 e. The molecule has 0 saturated heterocycles. The summed E-state index contributed by atoms with van der Waals surface area (Å²) in [6, 6.07) is 187. The molecule has 2 heterocycles. The van der Waals surface area contributed by atoms with E-state index in [-0.39, 0.29) is 36.7 Å². The third-order valence-electron chi connectivity index (χ3n) is 22.1. The van der Waals surface area contributed by atoms with E-state index < -0.39 is 43.7 Å². The maximum absolute atomic E-state index is 11.2. The first-order chi connectivity index (χ1) is 66.9. The molecule has 0 saturated carbocycles. The molecule has 137 heavy (non-hydrogen) atoms. The van der Waals surface area contributed by atoms with Gasteiger partial charge in [0, 0.05) is 89.5 Å². The van der Waals surface area contributed by atoms with Crippen molar-refractivity contribution in [2.45, 2.75) is 0 Å². The molecule has 17 heteroatoms. The number of fused-ring (bicyclic) bond motifs is 6. The molecule has 8 nitrogen and oxygen atoms in total. The first-order valence-electron chi connectivity index (χ1n) is 44.3. The fraction of sp³-hybridized carbons (Fsp3) is 0. The molecular formula is C120H92BBrN2O6P4PdS2. The molecule has 0 bridgehead atoms. The quantitative estimate of drug-likeness (QED) is 0.0381. The number of non-ortho nitro benzene ring substituents is 2. The van der Waals surface area contributed by atoms with Gasteiger partial charge in [0.1, 0.15) is 0 Å². The molecule has 20 aromatic carbocycles. The number of nitro benzene ring substituents is 2. The first kappa shape index (κ1) is 98.0. The van der Waals surface area contributed by atoms with Crippen molar-refractivity contribution in [1.29, 1.82) is 0 Å². The summed E-state index contributed by atoms with van der Waals surface area (Å²) >= 11 is 7.13. The van der Waals surface area contributed by atoms with Crippen molar-refractivity contribution in [2.75, 3.05) is 0 Å². The molecule has 2 N–H and O–H groups in total. The molecule has 22 rings (SSSR count). The molecule has 0 aliphatic carbocycles. The zero-order chi connectivity index (χ0) is 93.4. The summed E-state index contributed by atoms with van der Waals surface area (Å²) in [6.07, 6.45) is 0. The van der Waals surface area contributed by atoms with E-state index in [1.165, 1.54) is 122 Å². The molecule has 0 aliphatic heterocycles. The van der Waals surface area contributed by atoms with Crippen molar-refractivity contribution >= 4 is 198 Å². The summed E-state index contributed by atoms with van der Waals surface area (Å²) in [5, 5.41) is 62.5. The van der Waals surface area contributed by atoms with E-state index in [2.05, 4.69) is 471 Å². The van der Waals surface area contributed by atoms with Crippen LogP contribution >= 0.6 is 70.3 Å². The van der Waals surface area contributed by atoms with Crippen LogP contribution in [0.2, 0.25) is 0 Å². The zero-order valence-corrected chi connectivity index (χ0v) is 82.6. The Morgan fingerprint density at radius 2 is 0.438 bits per heavy atom. The summed E-state index contributed by atoms with van der Waals surface area (Å²) in [4.78, 5) is 21.1. The van der Waals surface area contributed by atoms with Crippen LogP contribution in [0.25, 0.3) is 73.7 Å². The van der Waals surface area contributed by atoms with E-state index >= 15 is 0 Å². The van der Waals surface area contributed by atoms with Gasteiger partial charge in [-0.25, -0.2) is 0 Å². The number of hydrogen-bond donors (Lipinski definition) is 2. The molecular weight excluding hydrogens is 1950 g/mol. The van der Waals surface area contributed by atoms with E-state index in [9.17, 15) is 30.3 Å². The first-order valence-corrected chi connectivity index (χ1v) is 52.1. The van der Waals surface area contributed by atoms with Crippen LogP contribution in [0.4, 0.5) is 11.4 Å². The second-order valence-electron chi connectivity index (χ2n) is 31.0. The van der Waals surface area contributed by atoms with Gasteiger partial charge in [-0.05, 0) is 165 Å². The van der Waals surface area contributed by atoms with Gasteiger partial charge >= 0.3 is 7.12 Å². The van der Waals surface area contributed by atoms with Gasteiger partial charge in [0.25, 0.3) is 11.4 Å². The summed E-state index contributed by atoms with van der Waals surface area (Å²) in [7, 11) is -3.39. The van der Waals surface area contributed by atoms with Crippen molar-refractivity contribution in [3.63, 3.8) is 0 Å². The van der Waals surface area contributed by atoms with Crippen molar-refractivity contribution in [3.8, 4) is 33.4 Å². The van der Waals surface area contributed by atoms with Gasteiger partial charge in [0.15, 0.2) is 0 Å². The predicted molar refractivity (Wildman–Crippen MR) is 593 cm³/mol. The standard InChI is InChI=1S/C24H15NO2S.4C18H15P.C12H10BNO4.C12H7BrS.Pd/c26-25(27)18-7-5-6-16(14-18)19-8-1-2-9-20(19)17-12-13-22-21-10-3-4-11-23(21)28-24(22)15-17;4*1-4-10-16(11-5-1)19(17-12-6-2-7-13-17)18-14-8-3-9-15-18;15-13(16)12-7-2-1-6-11(12)9-4-3-5-10(8-9)14(17)18;13-8-5-6-10-9-3-1-2-4-11(9)14-12(10)7-8;/h1-15H;4*1-15H;1-8,15-16H;1-7H;. The van der Waals surface area contributed by atoms with Crippen LogP contribution < -0.4 is 69.1 Å². The second kappa shape index (κ2) is 50.3. The molecule has 0 atom stereocenters. The molecule has 22 aromatic rings. The number of rotatable bonds is 18. The summed E-state index contributed by atoms with van der Waals surface area (Å²) in [5.41, 5.74) is 5.56. The van der Waals surface area contributed by atoms with E-state index in [0.29, 0.717) is 16.6 Å². The van der Waals surface area contributed by atoms with Crippen molar-refractivity contribution in [2.24, 2.45) is 0 Å². The Morgan fingerprint density at radius 1 is 0.219 bits per heavy atom. The van der Waals surface area contributed by atoms with Gasteiger partial charge < -0.3 is 10.0 Å². The Balaban J connectivity index is 0.000000122. The zero-order valence-electron chi connectivity index (χ0n) is 74.3. The van der Waals surface area contributed by atoms with Gasteiger partial charge in [-0.3, -0.25) is 20.2 Å². The van der Waals surface area contributed by atoms with Crippen LogP contribution in [0.15, 0.2) is 550 Å². The number of benzene rings is 20. The van der Waals surface area contributed by atoms with Gasteiger partial charge in [0.05, 0.1) is 9.85 Å². The van der Waals surface area contributed by atoms with Crippen LogP contribution in [0.1, 0.15) is 0 Å². The van der Waals surface area contributed by atoms with Crippen LogP contribution in [-0.4, -0.2) is 27.0 Å². The van der Waals surface area contributed by atoms with Crippen LogP contribution in [0, 0.1) is 20.2 Å².